The molecule has 0 bridgehead atoms. The molecule has 1 atom stereocenters. The van der Waals surface area contributed by atoms with Gasteiger partial charge in [-0.25, -0.2) is 4.98 Å². The van der Waals surface area contributed by atoms with E-state index < -0.39 is 6.10 Å². The predicted octanol–water partition coefficient (Wildman–Crippen LogP) is 4.20. The van der Waals surface area contributed by atoms with Gasteiger partial charge in [-0.05, 0) is 23.6 Å². The number of imidazole rings is 1. The van der Waals surface area contributed by atoms with Gasteiger partial charge >= 0.3 is 5.97 Å². The van der Waals surface area contributed by atoms with Gasteiger partial charge in [-0.15, -0.1) is 0 Å². The lowest BCUT2D eigenvalue weighted by molar-refractivity contribution is -0.148. The molecule has 1 heterocycles. The van der Waals surface area contributed by atoms with Crippen molar-refractivity contribution in [2.75, 3.05) is 6.61 Å². The van der Waals surface area contributed by atoms with Gasteiger partial charge in [0.05, 0.1) is 23.9 Å². The Bertz CT molecular complexity index is 1080. The predicted molar refractivity (Wildman–Crippen MR) is 105 cm³/mol. The number of aromatic nitrogens is 2. The highest BCUT2D eigenvalue weighted by Gasteiger charge is 2.16. The number of ether oxygens (including phenoxy) is 2. The van der Waals surface area contributed by atoms with Gasteiger partial charge in [0.2, 0.25) is 0 Å². The SMILES string of the molecule is CC(=O)O[C@@H](COc1cccc2ccccc12)Cn1cnc2ccccc21. The summed E-state index contributed by atoms with van der Waals surface area (Å²) < 4.78 is 13.5. The number of fused-ring (bicyclic) bond motifs is 2. The zero-order valence-corrected chi connectivity index (χ0v) is 15.0. The van der Waals surface area contributed by atoms with E-state index in [9.17, 15) is 4.79 Å². The fourth-order valence-electron chi connectivity index (χ4n) is 3.24. The third-order valence-corrected chi connectivity index (χ3v) is 4.43. The van der Waals surface area contributed by atoms with Crippen molar-refractivity contribution in [3.63, 3.8) is 0 Å². The molecule has 0 saturated heterocycles. The standard InChI is InChI=1S/C22H20N2O3/c1-16(25)27-18(13-24-15-23-20-10-4-5-11-21(20)24)14-26-22-12-6-8-17-7-2-3-9-19(17)22/h2-12,15,18H,13-14H2,1H3/t18-/m1/s1. The van der Waals surface area contributed by atoms with E-state index in [0.717, 1.165) is 27.6 Å². The highest BCUT2D eigenvalue weighted by Crippen LogP contribution is 2.25. The van der Waals surface area contributed by atoms with Gasteiger partial charge in [0, 0.05) is 12.3 Å². The van der Waals surface area contributed by atoms with E-state index in [0.29, 0.717) is 6.54 Å². The van der Waals surface area contributed by atoms with Gasteiger partial charge in [-0.1, -0.05) is 48.5 Å². The Hall–Kier alpha value is -3.34. The summed E-state index contributed by atoms with van der Waals surface area (Å²) in [4.78, 5) is 16.0. The maximum atomic E-state index is 11.6. The first-order chi connectivity index (χ1) is 13.2. The minimum atomic E-state index is -0.418. The van der Waals surface area contributed by atoms with Gasteiger partial charge in [-0.3, -0.25) is 4.79 Å². The summed E-state index contributed by atoms with van der Waals surface area (Å²) >= 11 is 0. The van der Waals surface area contributed by atoms with Crippen molar-refractivity contribution in [2.24, 2.45) is 0 Å². The molecule has 0 amide bonds. The van der Waals surface area contributed by atoms with Gasteiger partial charge in [0.15, 0.2) is 6.10 Å². The van der Waals surface area contributed by atoms with Gasteiger partial charge < -0.3 is 14.0 Å². The molecule has 0 aliphatic rings. The largest absolute Gasteiger partial charge is 0.489 e. The quantitative estimate of drug-likeness (QED) is 0.484. The van der Waals surface area contributed by atoms with E-state index in [2.05, 4.69) is 4.98 Å². The normalized spacial score (nSPS) is 12.2. The Balaban J connectivity index is 1.54. The third kappa shape index (κ3) is 3.77. The van der Waals surface area contributed by atoms with Crippen LogP contribution in [0.5, 0.6) is 5.75 Å². The second-order valence-electron chi connectivity index (χ2n) is 6.41. The van der Waals surface area contributed by atoms with Crippen LogP contribution in [-0.4, -0.2) is 28.2 Å². The van der Waals surface area contributed by atoms with Crippen molar-refractivity contribution < 1.29 is 14.3 Å². The number of nitrogens with zero attached hydrogens (tertiary/aromatic N) is 2. The van der Waals surface area contributed by atoms with Crippen LogP contribution in [0.25, 0.3) is 21.8 Å². The Labute approximate surface area is 157 Å². The fourth-order valence-corrected chi connectivity index (χ4v) is 3.24. The van der Waals surface area contributed by atoms with Crippen LogP contribution in [-0.2, 0) is 16.1 Å². The molecule has 5 nitrogen and oxygen atoms in total. The molecule has 3 aromatic carbocycles. The lowest BCUT2D eigenvalue weighted by atomic mass is 10.1. The molecule has 4 rings (SSSR count). The average Bonchev–Trinajstić information content (AvgIpc) is 3.09. The van der Waals surface area contributed by atoms with Crippen LogP contribution in [0.1, 0.15) is 6.92 Å². The molecule has 5 heteroatoms. The number of esters is 1. The van der Waals surface area contributed by atoms with Crippen LogP contribution in [0.2, 0.25) is 0 Å². The highest BCUT2D eigenvalue weighted by atomic mass is 16.6. The van der Waals surface area contributed by atoms with Crippen LogP contribution in [0.3, 0.4) is 0 Å². The molecule has 0 radical (unpaired) electrons. The van der Waals surface area contributed by atoms with Gasteiger partial charge in [-0.2, -0.15) is 0 Å². The molecule has 0 fully saturated rings. The van der Waals surface area contributed by atoms with Gasteiger partial charge in [0.1, 0.15) is 12.4 Å². The number of hydrogen-bond acceptors (Lipinski definition) is 4. The van der Waals surface area contributed by atoms with Crippen molar-refractivity contribution in [1.29, 1.82) is 0 Å². The first-order valence-corrected chi connectivity index (χ1v) is 8.88. The van der Waals surface area contributed by atoms with Crippen molar-refractivity contribution in [3.05, 3.63) is 73.1 Å². The molecule has 0 unspecified atom stereocenters. The van der Waals surface area contributed by atoms with Crippen molar-refractivity contribution in [3.8, 4) is 5.75 Å². The molecule has 136 valence electrons. The molecule has 0 saturated carbocycles. The Kier molecular flexibility index (Phi) is 4.75. The number of carbonyl (C=O) groups excluding carboxylic acids is 1. The zero-order valence-electron chi connectivity index (χ0n) is 15.0. The fraction of sp³-hybridized carbons (Fsp3) is 0.182. The summed E-state index contributed by atoms with van der Waals surface area (Å²) in [6.07, 6.45) is 1.35. The summed E-state index contributed by atoms with van der Waals surface area (Å²) in [6, 6.07) is 21.9. The van der Waals surface area contributed by atoms with Crippen LogP contribution < -0.4 is 4.74 Å². The lowest BCUT2D eigenvalue weighted by Gasteiger charge is -2.19. The van der Waals surface area contributed by atoms with Crippen LogP contribution in [0.4, 0.5) is 0 Å². The molecule has 0 aliphatic carbocycles. The molecule has 4 aromatic rings. The summed E-state index contributed by atoms with van der Waals surface area (Å²) in [5.74, 6) is 0.451. The Morgan fingerprint density at radius 2 is 1.81 bits per heavy atom. The van der Waals surface area contributed by atoms with Crippen molar-refractivity contribution >= 4 is 27.8 Å². The maximum absolute atomic E-state index is 11.6. The Morgan fingerprint density at radius 3 is 2.70 bits per heavy atom. The Morgan fingerprint density at radius 1 is 1.04 bits per heavy atom. The number of benzene rings is 3. The van der Waals surface area contributed by atoms with Crippen molar-refractivity contribution in [2.45, 2.75) is 19.6 Å². The van der Waals surface area contributed by atoms with Crippen LogP contribution >= 0.6 is 0 Å². The molecule has 1 aromatic heterocycles. The summed E-state index contributed by atoms with van der Waals surface area (Å²) in [7, 11) is 0. The number of para-hydroxylation sites is 2. The third-order valence-electron chi connectivity index (χ3n) is 4.43. The molecule has 0 spiro atoms. The van der Waals surface area contributed by atoms with E-state index in [1.165, 1.54) is 6.92 Å². The van der Waals surface area contributed by atoms with Crippen LogP contribution in [0, 0.1) is 0 Å². The second-order valence-corrected chi connectivity index (χ2v) is 6.41. The first-order valence-electron chi connectivity index (χ1n) is 8.88. The van der Waals surface area contributed by atoms with E-state index in [-0.39, 0.29) is 12.6 Å². The van der Waals surface area contributed by atoms with E-state index in [1.54, 1.807) is 6.33 Å². The minimum absolute atomic E-state index is 0.264. The molecular weight excluding hydrogens is 340 g/mol. The minimum Gasteiger partial charge on any atom is -0.489 e. The topological polar surface area (TPSA) is 53.4 Å². The summed E-state index contributed by atoms with van der Waals surface area (Å²) in [5.41, 5.74) is 1.91. The monoisotopic (exact) mass is 360 g/mol. The lowest BCUT2D eigenvalue weighted by Crippen LogP contribution is -2.28. The summed E-state index contributed by atoms with van der Waals surface area (Å²) in [6.45, 7) is 2.15. The number of hydrogen-bond donors (Lipinski definition) is 0. The smallest absolute Gasteiger partial charge is 0.303 e. The van der Waals surface area contributed by atoms with Crippen molar-refractivity contribution in [1.82, 2.24) is 9.55 Å². The maximum Gasteiger partial charge on any atom is 0.303 e. The van der Waals surface area contributed by atoms with E-state index >= 15 is 0 Å². The van der Waals surface area contributed by atoms with Crippen LogP contribution in [0.15, 0.2) is 73.1 Å². The van der Waals surface area contributed by atoms with E-state index in [1.807, 2.05) is 71.3 Å². The first kappa shape index (κ1) is 17.1. The molecule has 0 N–H and O–H groups in total. The van der Waals surface area contributed by atoms with E-state index in [4.69, 9.17) is 9.47 Å². The van der Waals surface area contributed by atoms with Gasteiger partial charge in [0.25, 0.3) is 0 Å². The highest BCUT2D eigenvalue weighted by molar-refractivity contribution is 5.88. The second kappa shape index (κ2) is 7.50. The number of rotatable bonds is 6. The molecular formula is C22H20N2O3. The molecule has 0 aliphatic heterocycles. The zero-order chi connectivity index (χ0) is 18.6. The molecule has 27 heavy (non-hydrogen) atoms. The average molecular weight is 360 g/mol. The summed E-state index contributed by atoms with van der Waals surface area (Å²) in [5, 5.41) is 2.15. The number of carbonyl (C=O) groups is 1.